The van der Waals surface area contributed by atoms with Crippen LogP contribution in [-0.2, 0) is 14.3 Å². The first-order valence-electron chi connectivity index (χ1n) is 9.18. The largest absolute Gasteiger partial charge is 0.493 e. The lowest BCUT2D eigenvalue weighted by Gasteiger charge is -2.46. The minimum Gasteiger partial charge on any atom is -0.493 e. The van der Waals surface area contributed by atoms with Crippen LogP contribution in [0.15, 0.2) is 30.3 Å². The molecule has 9 nitrogen and oxygen atoms in total. The molecule has 30 heavy (non-hydrogen) atoms. The second-order valence-corrected chi connectivity index (χ2v) is 6.68. The van der Waals surface area contributed by atoms with Gasteiger partial charge in [-0.2, -0.15) is 0 Å². The van der Waals surface area contributed by atoms with Crippen molar-refractivity contribution in [3.8, 4) is 28.7 Å². The first kappa shape index (κ1) is 19.7. The Morgan fingerprint density at radius 1 is 1.00 bits per heavy atom. The Morgan fingerprint density at radius 3 is 2.27 bits per heavy atom. The van der Waals surface area contributed by atoms with Crippen molar-refractivity contribution in [3.05, 3.63) is 35.9 Å². The Labute approximate surface area is 173 Å². The molecule has 2 aliphatic rings. The number of benzene rings is 2. The van der Waals surface area contributed by atoms with E-state index in [2.05, 4.69) is 0 Å². The smallest absolute Gasteiger partial charge is 0.303 e. The van der Waals surface area contributed by atoms with Gasteiger partial charge < -0.3 is 28.4 Å². The average Bonchev–Trinajstić information content (AvgIpc) is 3.22. The lowest BCUT2D eigenvalue weighted by molar-refractivity contribution is -0.160. The molecule has 0 bridgehead atoms. The number of hydrogen-bond donors (Lipinski definition) is 0. The fraction of sp³-hybridized carbons (Fsp3) is 0.333. The number of carbonyl (C=O) groups is 2. The summed E-state index contributed by atoms with van der Waals surface area (Å²) in [6, 6.07) is 8.14. The second kappa shape index (κ2) is 7.66. The van der Waals surface area contributed by atoms with Gasteiger partial charge in [0, 0.05) is 19.1 Å². The highest BCUT2D eigenvalue weighted by molar-refractivity contribution is 6.06. The van der Waals surface area contributed by atoms with Gasteiger partial charge in [-0.15, -0.1) is 0 Å². The van der Waals surface area contributed by atoms with Crippen LogP contribution >= 0.6 is 0 Å². The van der Waals surface area contributed by atoms with Gasteiger partial charge in [0.15, 0.2) is 23.0 Å². The molecule has 9 heteroatoms. The third kappa shape index (κ3) is 3.12. The number of β-lactam (4-membered cyclic amide) rings is 1. The van der Waals surface area contributed by atoms with Crippen molar-refractivity contribution < 1.29 is 38.0 Å². The van der Waals surface area contributed by atoms with Crippen LogP contribution < -0.4 is 28.6 Å². The molecule has 2 aliphatic heterocycles. The monoisotopic (exact) mass is 415 g/mol. The number of fused-ring (bicyclic) bond motifs is 1. The average molecular weight is 415 g/mol. The molecule has 2 aromatic carbocycles. The van der Waals surface area contributed by atoms with Crippen molar-refractivity contribution in [2.75, 3.05) is 33.0 Å². The molecule has 0 aliphatic carbocycles. The summed E-state index contributed by atoms with van der Waals surface area (Å²) in [7, 11) is 4.49. The summed E-state index contributed by atoms with van der Waals surface area (Å²) in [5.74, 6) is 1.50. The van der Waals surface area contributed by atoms with Gasteiger partial charge in [0.2, 0.25) is 18.6 Å². The van der Waals surface area contributed by atoms with Crippen LogP contribution in [0.2, 0.25) is 0 Å². The molecule has 0 N–H and O–H groups in total. The van der Waals surface area contributed by atoms with Gasteiger partial charge in [-0.25, -0.2) is 0 Å². The number of esters is 1. The van der Waals surface area contributed by atoms with E-state index < -0.39 is 18.1 Å². The summed E-state index contributed by atoms with van der Waals surface area (Å²) >= 11 is 0. The zero-order valence-electron chi connectivity index (χ0n) is 17.0. The van der Waals surface area contributed by atoms with Gasteiger partial charge in [0.1, 0.15) is 6.04 Å². The maximum atomic E-state index is 12.9. The molecule has 2 heterocycles. The van der Waals surface area contributed by atoms with Gasteiger partial charge in [-0.05, 0) is 17.7 Å². The van der Waals surface area contributed by atoms with E-state index in [0.29, 0.717) is 34.4 Å². The molecule has 0 aromatic heterocycles. The zero-order valence-corrected chi connectivity index (χ0v) is 17.0. The highest BCUT2D eigenvalue weighted by atomic mass is 16.7. The van der Waals surface area contributed by atoms with Crippen LogP contribution in [0.5, 0.6) is 28.7 Å². The van der Waals surface area contributed by atoms with Crippen LogP contribution in [0, 0.1) is 0 Å². The molecule has 4 rings (SSSR count). The molecular weight excluding hydrogens is 394 g/mol. The van der Waals surface area contributed by atoms with Gasteiger partial charge in [-0.3, -0.25) is 14.5 Å². The Balaban J connectivity index is 1.78. The van der Waals surface area contributed by atoms with E-state index in [0.717, 1.165) is 5.56 Å². The molecule has 1 fully saturated rings. The van der Waals surface area contributed by atoms with E-state index in [-0.39, 0.29) is 12.7 Å². The predicted molar refractivity (Wildman–Crippen MR) is 104 cm³/mol. The van der Waals surface area contributed by atoms with Crippen LogP contribution in [0.25, 0.3) is 0 Å². The lowest BCUT2D eigenvalue weighted by Crippen LogP contribution is -2.60. The summed E-state index contributed by atoms with van der Waals surface area (Å²) in [5.41, 5.74) is 1.25. The Hall–Kier alpha value is -3.62. The molecular formula is C21H21NO8. The fourth-order valence-corrected chi connectivity index (χ4v) is 3.67. The van der Waals surface area contributed by atoms with Crippen LogP contribution in [0.3, 0.4) is 0 Å². The Morgan fingerprint density at radius 2 is 1.67 bits per heavy atom. The van der Waals surface area contributed by atoms with Gasteiger partial charge in [0.25, 0.3) is 5.91 Å². The van der Waals surface area contributed by atoms with E-state index in [1.807, 2.05) is 6.07 Å². The highest BCUT2D eigenvalue weighted by Gasteiger charge is 2.52. The first-order chi connectivity index (χ1) is 14.5. The second-order valence-electron chi connectivity index (χ2n) is 6.68. The van der Waals surface area contributed by atoms with Crippen molar-refractivity contribution in [2.45, 2.75) is 19.1 Å². The fourth-order valence-electron chi connectivity index (χ4n) is 3.67. The minimum atomic E-state index is -0.957. The maximum Gasteiger partial charge on any atom is 0.303 e. The van der Waals surface area contributed by atoms with Crippen LogP contribution in [0.4, 0.5) is 5.69 Å². The Bertz CT molecular complexity index is 979. The van der Waals surface area contributed by atoms with Crippen molar-refractivity contribution in [3.63, 3.8) is 0 Å². The number of rotatable bonds is 6. The van der Waals surface area contributed by atoms with Crippen LogP contribution in [0.1, 0.15) is 18.5 Å². The normalized spacial score (nSPS) is 19.2. The summed E-state index contributed by atoms with van der Waals surface area (Å²) < 4.78 is 32.3. The quantitative estimate of drug-likeness (QED) is 0.525. The number of hydrogen-bond acceptors (Lipinski definition) is 8. The third-order valence-electron chi connectivity index (χ3n) is 5.00. The molecule has 0 spiro atoms. The Kier molecular flexibility index (Phi) is 5.03. The van der Waals surface area contributed by atoms with E-state index in [9.17, 15) is 9.59 Å². The topological polar surface area (TPSA) is 92.8 Å². The predicted octanol–water partition coefficient (Wildman–Crippen LogP) is 2.46. The summed E-state index contributed by atoms with van der Waals surface area (Å²) in [6.45, 7) is 1.40. The van der Waals surface area contributed by atoms with Crippen LogP contribution in [-0.4, -0.2) is 46.1 Å². The van der Waals surface area contributed by atoms with Gasteiger partial charge in [-0.1, -0.05) is 6.07 Å². The number of nitrogens with zero attached hydrogens (tertiary/aromatic N) is 1. The molecule has 158 valence electrons. The zero-order chi connectivity index (χ0) is 21.4. The number of carbonyl (C=O) groups excluding carboxylic acids is 2. The molecule has 2 aromatic rings. The van der Waals surface area contributed by atoms with Gasteiger partial charge in [0.05, 0.1) is 27.0 Å². The standard InChI is InChI=1S/C21H21NO8/c1-11(23)30-20-18(12-5-6-14-15(7-12)29-10-28-14)22(21(20)24)13-8-16(25-2)19(27-4)17(9-13)26-3/h5-9,18,20H,10H2,1-4H3. The molecule has 1 amide bonds. The number of amides is 1. The number of ether oxygens (including phenoxy) is 6. The van der Waals surface area contributed by atoms with Crippen molar-refractivity contribution in [2.24, 2.45) is 0 Å². The maximum absolute atomic E-state index is 12.9. The summed E-state index contributed by atoms with van der Waals surface area (Å²) in [4.78, 5) is 26.1. The molecule has 2 atom stereocenters. The summed E-state index contributed by atoms with van der Waals surface area (Å²) in [5, 5.41) is 0. The molecule has 2 unspecified atom stereocenters. The third-order valence-corrected chi connectivity index (χ3v) is 5.00. The molecule has 1 saturated heterocycles. The molecule has 0 radical (unpaired) electrons. The summed E-state index contributed by atoms with van der Waals surface area (Å²) in [6.07, 6.45) is -0.957. The lowest BCUT2D eigenvalue weighted by atomic mass is 9.89. The van der Waals surface area contributed by atoms with Gasteiger partial charge >= 0.3 is 5.97 Å². The van der Waals surface area contributed by atoms with Crippen molar-refractivity contribution in [1.29, 1.82) is 0 Å². The SMILES string of the molecule is COc1cc(N2C(=O)C(OC(C)=O)C2c2ccc3c(c2)OCO3)cc(OC)c1OC. The van der Waals surface area contributed by atoms with Crippen molar-refractivity contribution in [1.82, 2.24) is 0 Å². The number of anilines is 1. The first-order valence-corrected chi connectivity index (χ1v) is 9.18. The number of methoxy groups -OCH3 is 3. The molecule has 0 saturated carbocycles. The van der Waals surface area contributed by atoms with E-state index in [1.165, 1.54) is 33.2 Å². The van der Waals surface area contributed by atoms with E-state index >= 15 is 0 Å². The van der Waals surface area contributed by atoms with Crippen molar-refractivity contribution >= 4 is 17.6 Å². The minimum absolute atomic E-state index is 0.131. The van der Waals surface area contributed by atoms with E-state index in [1.54, 1.807) is 24.3 Å². The highest BCUT2D eigenvalue weighted by Crippen LogP contribution is 2.48. The van der Waals surface area contributed by atoms with E-state index in [4.69, 9.17) is 28.4 Å².